The van der Waals surface area contributed by atoms with E-state index in [-0.39, 0.29) is 5.82 Å². The lowest BCUT2D eigenvalue weighted by atomic mass is 10.3. The molecule has 4 heteroatoms. The number of rotatable bonds is 6. The molecule has 0 unspecified atom stereocenters. The van der Waals surface area contributed by atoms with Crippen LogP contribution in [0, 0.1) is 5.82 Å². The molecule has 1 heterocycles. The lowest BCUT2D eigenvalue weighted by Gasteiger charge is -2.19. The minimum Gasteiger partial charge on any atom is -0.494 e. The summed E-state index contributed by atoms with van der Waals surface area (Å²) < 4.78 is 18.3. The van der Waals surface area contributed by atoms with Crippen molar-refractivity contribution in [3.05, 3.63) is 30.1 Å². The van der Waals surface area contributed by atoms with Crippen molar-refractivity contribution in [2.24, 2.45) is 0 Å². The molecule has 0 spiro atoms. The third kappa shape index (κ3) is 5.57. The van der Waals surface area contributed by atoms with Crippen molar-refractivity contribution in [1.29, 1.82) is 0 Å². The zero-order valence-electron chi connectivity index (χ0n) is 11.4. The van der Waals surface area contributed by atoms with Gasteiger partial charge in [-0.15, -0.1) is 0 Å². The van der Waals surface area contributed by atoms with Crippen molar-refractivity contribution < 1.29 is 9.13 Å². The molecular formula is C15H23FN2O. The van der Waals surface area contributed by atoms with Gasteiger partial charge in [0.2, 0.25) is 0 Å². The zero-order valence-corrected chi connectivity index (χ0v) is 11.4. The van der Waals surface area contributed by atoms with Gasteiger partial charge in [0.25, 0.3) is 0 Å². The van der Waals surface area contributed by atoms with Crippen LogP contribution in [0.3, 0.4) is 0 Å². The Morgan fingerprint density at radius 2 is 1.95 bits per heavy atom. The molecule has 1 fully saturated rings. The molecule has 0 saturated carbocycles. The van der Waals surface area contributed by atoms with Crippen LogP contribution in [0.25, 0.3) is 0 Å². The van der Waals surface area contributed by atoms with Gasteiger partial charge >= 0.3 is 0 Å². The third-order valence-corrected chi connectivity index (χ3v) is 3.38. The maximum atomic E-state index is 12.7. The smallest absolute Gasteiger partial charge is 0.123 e. The summed E-state index contributed by atoms with van der Waals surface area (Å²) in [7, 11) is 0. The summed E-state index contributed by atoms with van der Waals surface area (Å²) in [5.41, 5.74) is 0. The maximum Gasteiger partial charge on any atom is 0.123 e. The molecule has 0 aliphatic carbocycles. The average molecular weight is 266 g/mol. The molecule has 1 aliphatic heterocycles. The van der Waals surface area contributed by atoms with Gasteiger partial charge in [-0.05, 0) is 63.2 Å². The van der Waals surface area contributed by atoms with E-state index in [4.69, 9.17) is 4.74 Å². The summed E-state index contributed by atoms with van der Waals surface area (Å²) in [5, 5.41) is 3.41. The Morgan fingerprint density at radius 1 is 1.11 bits per heavy atom. The van der Waals surface area contributed by atoms with Crippen molar-refractivity contribution in [3.63, 3.8) is 0 Å². The third-order valence-electron chi connectivity index (χ3n) is 3.38. The van der Waals surface area contributed by atoms with E-state index in [1.165, 1.54) is 25.1 Å². The first kappa shape index (κ1) is 14.3. The molecule has 19 heavy (non-hydrogen) atoms. The van der Waals surface area contributed by atoms with Gasteiger partial charge in [0.1, 0.15) is 11.6 Å². The number of hydrogen-bond donors (Lipinski definition) is 1. The van der Waals surface area contributed by atoms with Gasteiger partial charge < -0.3 is 15.0 Å². The fourth-order valence-corrected chi connectivity index (χ4v) is 2.28. The standard InChI is InChI=1S/C15H23FN2O/c16-14-4-6-15(7-5-14)19-13-2-1-10-18-11-3-8-17-9-12-18/h4-7,17H,1-3,8-13H2. The van der Waals surface area contributed by atoms with E-state index in [9.17, 15) is 4.39 Å². The lowest BCUT2D eigenvalue weighted by molar-refractivity contribution is 0.260. The molecule has 1 N–H and O–H groups in total. The van der Waals surface area contributed by atoms with Gasteiger partial charge in [-0.1, -0.05) is 0 Å². The van der Waals surface area contributed by atoms with Crippen LogP contribution >= 0.6 is 0 Å². The molecule has 1 saturated heterocycles. The highest BCUT2D eigenvalue weighted by Crippen LogP contribution is 2.11. The molecule has 0 bridgehead atoms. The summed E-state index contributed by atoms with van der Waals surface area (Å²) in [6.45, 7) is 6.45. The fraction of sp³-hybridized carbons (Fsp3) is 0.600. The largest absolute Gasteiger partial charge is 0.494 e. The van der Waals surface area contributed by atoms with Crippen LogP contribution < -0.4 is 10.1 Å². The van der Waals surface area contributed by atoms with E-state index in [0.29, 0.717) is 6.61 Å². The second-order valence-electron chi connectivity index (χ2n) is 4.95. The Morgan fingerprint density at radius 3 is 2.79 bits per heavy atom. The lowest BCUT2D eigenvalue weighted by Crippen LogP contribution is -2.29. The second kappa shape index (κ2) is 8.12. The molecule has 0 amide bonds. The van der Waals surface area contributed by atoms with Crippen LogP contribution in [0.15, 0.2) is 24.3 Å². The monoisotopic (exact) mass is 266 g/mol. The summed E-state index contributed by atoms with van der Waals surface area (Å²) in [6, 6.07) is 6.21. The first-order chi connectivity index (χ1) is 9.34. The van der Waals surface area contributed by atoms with Crippen molar-refractivity contribution in [2.75, 3.05) is 39.3 Å². The number of nitrogens with zero attached hydrogens (tertiary/aromatic N) is 1. The first-order valence-electron chi connectivity index (χ1n) is 7.16. The Labute approximate surface area is 114 Å². The highest BCUT2D eigenvalue weighted by Gasteiger charge is 2.07. The Balaban J connectivity index is 1.55. The second-order valence-corrected chi connectivity index (χ2v) is 4.95. The molecule has 0 radical (unpaired) electrons. The Hall–Kier alpha value is -1.13. The summed E-state index contributed by atoms with van der Waals surface area (Å²) in [4.78, 5) is 2.51. The van der Waals surface area contributed by atoms with Crippen LogP contribution in [-0.4, -0.2) is 44.2 Å². The topological polar surface area (TPSA) is 24.5 Å². The van der Waals surface area contributed by atoms with Crippen molar-refractivity contribution in [2.45, 2.75) is 19.3 Å². The number of nitrogens with one attached hydrogen (secondary N) is 1. The maximum absolute atomic E-state index is 12.7. The Kier molecular flexibility index (Phi) is 6.11. The molecular weight excluding hydrogens is 243 g/mol. The van der Waals surface area contributed by atoms with E-state index in [0.717, 1.165) is 44.8 Å². The molecule has 0 atom stereocenters. The van der Waals surface area contributed by atoms with Gasteiger partial charge in [-0.25, -0.2) is 4.39 Å². The van der Waals surface area contributed by atoms with Crippen molar-refractivity contribution >= 4 is 0 Å². The number of hydrogen-bond acceptors (Lipinski definition) is 3. The minimum absolute atomic E-state index is 0.220. The molecule has 1 aromatic carbocycles. The van der Waals surface area contributed by atoms with Crippen LogP contribution in [0.5, 0.6) is 5.75 Å². The van der Waals surface area contributed by atoms with Crippen LogP contribution in [0.1, 0.15) is 19.3 Å². The average Bonchev–Trinajstić information content (AvgIpc) is 2.69. The molecule has 0 aromatic heterocycles. The van der Waals surface area contributed by atoms with Gasteiger partial charge in [0.15, 0.2) is 0 Å². The summed E-state index contributed by atoms with van der Waals surface area (Å²) in [5.74, 6) is 0.530. The summed E-state index contributed by atoms with van der Waals surface area (Å²) in [6.07, 6.45) is 3.44. The van der Waals surface area contributed by atoms with Crippen molar-refractivity contribution in [1.82, 2.24) is 10.2 Å². The molecule has 106 valence electrons. The van der Waals surface area contributed by atoms with Gasteiger partial charge in [0.05, 0.1) is 6.61 Å². The van der Waals surface area contributed by atoms with E-state index in [1.807, 2.05) is 0 Å². The number of halogens is 1. The minimum atomic E-state index is -0.220. The van der Waals surface area contributed by atoms with Gasteiger partial charge in [-0.3, -0.25) is 0 Å². The predicted molar refractivity (Wildman–Crippen MR) is 75.1 cm³/mol. The number of benzene rings is 1. The first-order valence-corrected chi connectivity index (χ1v) is 7.16. The highest BCUT2D eigenvalue weighted by molar-refractivity contribution is 5.21. The summed E-state index contributed by atoms with van der Waals surface area (Å²) >= 11 is 0. The van der Waals surface area contributed by atoms with Crippen LogP contribution in [0.4, 0.5) is 4.39 Å². The molecule has 2 rings (SSSR count). The SMILES string of the molecule is Fc1ccc(OCCCCN2CCCNCC2)cc1. The fourth-order valence-electron chi connectivity index (χ4n) is 2.28. The van der Waals surface area contributed by atoms with E-state index < -0.39 is 0 Å². The van der Waals surface area contributed by atoms with Crippen LogP contribution in [-0.2, 0) is 0 Å². The number of unbranched alkanes of at least 4 members (excludes halogenated alkanes) is 1. The quantitative estimate of drug-likeness (QED) is 0.800. The molecule has 3 nitrogen and oxygen atoms in total. The molecule has 1 aromatic rings. The highest BCUT2D eigenvalue weighted by atomic mass is 19.1. The van der Waals surface area contributed by atoms with Crippen LogP contribution in [0.2, 0.25) is 0 Å². The van der Waals surface area contributed by atoms with Crippen molar-refractivity contribution in [3.8, 4) is 5.75 Å². The predicted octanol–water partition coefficient (Wildman–Crippen LogP) is 2.28. The number of ether oxygens (including phenoxy) is 1. The van der Waals surface area contributed by atoms with E-state index in [2.05, 4.69) is 10.2 Å². The van der Waals surface area contributed by atoms with Gasteiger partial charge in [-0.2, -0.15) is 0 Å². The zero-order chi connectivity index (χ0) is 13.3. The normalized spacial score (nSPS) is 17.1. The molecule has 1 aliphatic rings. The van der Waals surface area contributed by atoms with Gasteiger partial charge in [0, 0.05) is 13.1 Å². The van der Waals surface area contributed by atoms with E-state index in [1.54, 1.807) is 12.1 Å². The Bertz CT molecular complexity index is 348. The van der Waals surface area contributed by atoms with E-state index >= 15 is 0 Å².